The highest BCUT2D eigenvalue weighted by atomic mass is 15.3. The first-order valence-electron chi connectivity index (χ1n) is 5.25. The van der Waals surface area contributed by atoms with Crippen molar-refractivity contribution in [3.63, 3.8) is 0 Å². The quantitative estimate of drug-likeness (QED) is 0.609. The number of rotatable bonds is 3. The first-order valence-corrected chi connectivity index (χ1v) is 5.25. The lowest BCUT2D eigenvalue weighted by Crippen LogP contribution is -1.89. The minimum absolute atomic E-state index is 0.992. The van der Waals surface area contributed by atoms with Gasteiger partial charge in [-0.1, -0.05) is 48.0 Å². The van der Waals surface area contributed by atoms with Crippen LogP contribution in [0.25, 0.3) is 0 Å². The molecule has 0 saturated carbocycles. The SMILES string of the molecule is Cc1ccc(/C=N/Nc2ccccc2)cc1. The van der Waals surface area contributed by atoms with Crippen LogP contribution in [0.3, 0.4) is 0 Å². The Morgan fingerprint density at radius 2 is 1.62 bits per heavy atom. The predicted molar refractivity (Wildman–Crippen MR) is 68.8 cm³/mol. The summed E-state index contributed by atoms with van der Waals surface area (Å²) in [6.07, 6.45) is 1.81. The average Bonchev–Trinajstić information content (AvgIpc) is 2.33. The van der Waals surface area contributed by atoms with Gasteiger partial charge in [-0.15, -0.1) is 0 Å². The maximum Gasteiger partial charge on any atom is 0.0561 e. The highest BCUT2D eigenvalue weighted by Gasteiger charge is 1.87. The first kappa shape index (κ1) is 10.4. The van der Waals surface area contributed by atoms with E-state index in [1.807, 2.05) is 48.7 Å². The molecule has 0 aliphatic rings. The summed E-state index contributed by atoms with van der Waals surface area (Å²) < 4.78 is 0. The van der Waals surface area contributed by atoms with Crippen LogP contribution in [-0.4, -0.2) is 6.21 Å². The second-order valence-corrected chi connectivity index (χ2v) is 3.65. The van der Waals surface area contributed by atoms with Crippen molar-refractivity contribution in [3.05, 3.63) is 65.7 Å². The second-order valence-electron chi connectivity index (χ2n) is 3.65. The molecule has 2 heteroatoms. The van der Waals surface area contributed by atoms with E-state index in [9.17, 15) is 0 Å². The third kappa shape index (κ3) is 2.95. The number of anilines is 1. The number of hydrogen-bond donors (Lipinski definition) is 1. The highest BCUT2D eigenvalue weighted by molar-refractivity contribution is 5.80. The van der Waals surface area contributed by atoms with Crippen LogP contribution in [0.5, 0.6) is 0 Å². The number of nitrogens with one attached hydrogen (secondary N) is 1. The van der Waals surface area contributed by atoms with Crippen molar-refractivity contribution in [2.75, 3.05) is 5.43 Å². The standard InChI is InChI=1S/C14H14N2/c1-12-7-9-13(10-8-12)11-15-16-14-5-3-2-4-6-14/h2-11,16H,1H3/b15-11+. The molecule has 2 aromatic rings. The summed E-state index contributed by atoms with van der Waals surface area (Å²) in [4.78, 5) is 0. The second kappa shape index (κ2) is 5.12. The van der Waals surface area contributed by atoms with Gasteiger partial charge >= 0.3 is 0 Å². The largest absolute Gasteiger partial charge is 0.279 e. The number of hydrogen-bond acceptors (Lipinski definition) is 2. The lowest BCUT2D eigenvalue weighted by Gasteiger charge is -1.98. The van der Waals surface area contributed by atoms with Gasteiger partial charge in [-0.3, -0.25) is 5.43 Å². The molecule has 0 bridgehead atoms. The Morgan fingerprint density at radius 1 is 0.938 bits per heavy atom. The van der Waals surface area contributed by atoms with Crippen molar-refractivity contribution in [2.45, 2.75) is 6.92 Å². The summed E-state index contributed by atoms with van der Waals surface area (Å²) in [6.45, 7) is 2.07. The Labute approximate surface area is 95.6 Å². The summed E-state index contributed by atoms with van der Waals surface area (Å²) in [5, 5.41) is 4.17. The Kier molecular flexibility index (Phi) is 3.34. The van der Waals surface area contributed by atoms with Crippen molar-refractivity contribution in [1.82, 2.24) is 0 Å². The summed E-state index contributed by atoms with van der Waals surface area (Å²) >= 11 is 0. The molecule has 2 nitrogen and oxygen atoms in total. The molecular weight excluding hydrogens is 196 g/mol. The molecule has 1 N–H and O–H groups in total. The maximum absolute atomic E-state index is 4.17. The fourth-order valence-electron chi connectivity index (χ4n) is 1.35. The van der Waals surface area contributed by atoms with Crippen molar-refractivity contribution >= 4 is 11.9 Å². The molecule has 0 saturated heterocycles. The molecule has 0 aliphatic carbocycles. The molecule has 0 atom stereocenters. The van der Waals surface area contributed by atoms with Crippen LogP contribution in [-0.2, 0) is 0 Å². The molecule has 2 rings (SSSR count). The van der Waals surface area contributed by atoms with Gasteiger partial charge in [0, 0.05) is 0 Å². The van der Waals surface area contributed by atoms with Crippen LogP contribution in [0.4, 0.5) is 5.69 Å². The van der Waals surface area contributed by atoms with E-state index in [0.29, 0.717) is 0 Å². The van der Waals surface area contributed by atoms with Gasteiger partial charge in [-0.05, 0) is 24.6 Å². The van der Waals surface area contributed by atoms with Crippen LogP contribution in [0.2, 0.25) is 0 Å². The van der Waals surface area contributed by atoms with Crippen molar-refractivity contribution in [1.29, 1.82) is 0 Å². The number of hydrazone groups is 1. The molecule has 0 fully saturated rings. The zero-order chi connectivity index (χ0) is 11.2. The van der Waals surface area contributed by atoms with E-state index in [1.54, 1.807) is 0 Å². The van der Waals surface area contributed by atoms with Gasteiger partial charge in [-0.25, -0.2) is 0 Å². The average molecular weight is 210 g/mol. The van der Waals surface area contributed by atoms with E-state index in [1.165, 1.54) is 5.56 Å². The van der Waals surface area contributed by atoms with E-state index in [0.717, 1.165) is 11.3 Å². The summed E-state index contributed by atoms with van der Waals surface area (Å²) in [7, 11) is 0. The van der Waals surface area contributed by atoms with Gasteiger partial charge in [0.1, 0.15) is 0 Å². The number of benzene rings is 2. The minimum Gasteiger partial charge on any atom is -0.279 e. The van der Waals surface area contributed by atoms with Gasteiger partial charge < -0.3 is 0 Å². The van der Waals surface area contributed by atoms with Crippen LogP contribution in [0.1, 0.15) is 11.1 Å². The topological polar surface area (TPSA) is 24.4 Å². The molecule has 16 heavy (non-hydrogen) atoms. The van der Waals surface area contributed by atoms with Crippen LogP contribution in [0, 0.1) is 6.92 Å². The molecule has 0 aliphatic heterocycles. The summed E-state index contributed by atoms with van der Waals surface area (Å²) in [5.41, 5.74) is 6.32. The number of para-hydroxylation sites is 1. The van der Waals surface area contributed by atoms with E-state index < -0.39 is 0 Å². The van der Waals surface area contributed by atoms with Gasteiger partial charge in [0.2, 0.25) is 0 Å². The van der Waals surface area contributed by atoms with Crippen molar-refractivity contribution < 1.29 is 0 Å². The van der Waals surface area contributed by atoms with E-state index >= 15 is 0 Å². The Bertz CT molecular complexity index is 458. The third-order valence-electron chi connectivity index (χ3n) is 2.26. The van der Waals surface area contributed by atoms with Gasteiger partial charge in [-0.2, -0.15) is 5.10 Å². The van der Waals surface area contributed by atoms with E-state index in [-0.39, 0.29) is 0 Å². The molecule has 0 unspecified atom stereocenters. The van der Waals surface area contributed by atoms with E-state index in [2.05, 4.69) is 29.6 Å². The van der Waals surface area contributed by atoms with Crippen LogP contribution >= 0.6 is 0 Å². The molecular formula is C14H14N2. The van der Waals surface area contributed by atoms with E-state index in [4.69, 9.17) is 0 Å². The van der Waals surface area contributed by atoms with Crippen molar-refractivity contribution in [2.24, 2.45) is 5.10 Å². The maximum atomic E-state index is 4.17. The minimum atomic E-state index is 0.992. The zero-order valence-electron chi connectivity index (χ0n) is 9.22. The Balaban J connectivity index is 1.98. The fraction of sp³-hybridized carbons (Fsp3) is 0.0714. The molecule has 80 valence electrons. The molecule has 0 spiro atoms. The van der Waals surface area contributed by atoms with Gasteiger partial charge in [0.25, 0.3) is 0 Å². The van der Waals surface area contributed by atoms with Crippen LogP contribution < -0.4 is 5.43 Å². The molecule has 0 amide bonds. The first-order chi connectivity index (χ1) is 7.84. The third-order valence-corrected chi connectivity index (χ3v) is 2.26. The monoisotopic (exact) mass is 210 g/mol. The molecule has 0 aromatic heterocycles. The smallest absolute Gasteiger partial charge is 0.0561 e. The molecule has 2 aromatic carbocycles. The zero-order valence-corrected chi connectivity index (χ0v) is 9.22. The number of nitrogens with zero attached hydrogens (tertiary/aromatic N) is 1. The van der Waals surface area contributed by atoms with Gasteiger partial charge in [0.05, 0.1) is 11.9 Å². The van der Waals surface area contributed by atoms with Crippen LogP contribution in [0.15, 0.2) is 59.7 Å². The summed E-state index contributed by atoms with van der Waals surface area (Å²) in [5.74, 6) is 0. The van der Waals surface area contributed by atoms with Crippen molar-refractivity contribution in [3.8, 4) is 0 Å². The number of aryl methyl sites for hydroxylation is 1. The normalized spacial score (nSPS) is 10.6. The predicted octanol–water partition coefficient (Wildman–Crippen LogP) is 3.44. The summed E-state index contributed by atoms with van der Waals surface area (Å²) in [6, 6.07) is 18.1. The molecule has 0 radical (unpaired) electrons. The fourth-order valence-corrected chi connectivity index (χ4v) is 1.35. The lowest BCUT2D eigenvalue weighted by atomic mass is 10.2. The van der Waals surface area contributed by atoms with Gasteiger partial charge in [0.15, 0.2) is 0 Å². The lowest BCUT2D eigenvalue weighted by molar-refractivity contribution is 1.35. The highest BCUT2D eigenvalue weighted by Crippen LogP contribution is 2.05. The Morgan fingerprint density at radius 3 is 2.31 bits per heavy atom. The molecule has 0 heterocycles. The Hall–Kier alpha value is -2.09.